The Bertz CT molecular complexity index is 654. The van der Waals surface area contributed by atoms with Crippen LogP contribution in [0.3, 0.4) is 0 Å². The highest BCUT2D eigenvalue weighted by Gasteiger charge is 2.08. The first-order valence-electron chi connectivity index (χ1n) is 6.91. The molecule has 0 aliphatic heterocycles. The van der Waals surface area contributed by atoms with Gasteiger partial charge in [-0.3, -0.25) is 4.79 Å². The third kappa shape index (κ3) is 4.48. The van der Waals surface area contributed by atoms with E-state index in [0.29, 0.717) is 17.7 Å². The minimum atomic E-state index is -0.104. The van der Waals surface area contributed by atoms with E-state index in [-0.39, 0.29) is 12.5 Å². The van der Waals surface area contributed by atoms with Gasteiger partial charge in [0.15, 0.2) is 0 Å². The minimum absolute atomic E-state index is 0.104. The maximum absolute atomic E-state index is 12.2. The van der Waals surface area contributed by atoms with Gasteiger partial charge in [-0.2, -0.15) is 0 Å². The molecule has 0 saturated carbocycles. The molecule has 0 saturated heterocycles. The van der Waals surface area contributed by atoms with Crippen molar-refractivity contribution < 1.29 is 4.79 Å². The van der Waals surface area contributed by atoms with Crippen LogP contribution in [0.2, 0.25) is 0 Å². The number of carbonyl (C=O) groups is 1. The zero-order valence-electron chi connectivity index (χ0n) is 11.8. The van der Waals surface area contributed by atoms with Gasteiger partial charge in [-0.25, -0.2) is 0 Å². The van der Waals surface area contributed by atoms with E-state index in [9.17, 15) is 4.79 Å². The van der Waals surface area contributed by atoms with Crippen molar-refractivity contribution in [2.24, 2.45) is 5.73 Å². The summed E-state index contributed by atoms with van der Waals surface area (Å²) >= 11 is 0. The lowest BCUT2D eigenvalue weighted by atomic mass is 10.1. The Balaban J connectivity index is 1.97. The van der Waals surface area contributed by atoms with Gasteiger partial charge >= 0.3 is 0 Å². The minimum Gasteiger partial charge on any atom is -0.352 e. The van der Waals surface area contributed by atoms with Crippen LogP contribution < -0.4 is 11.1 Å². The predicted octanol–water partition coefficient (Wildman–Crippen LogP) is 1.97. The van der Waals surface area contributed by atoms with Crippen molar-refractivity contribution in [3.8, 4) is 11.8 Å². The van der Waals surface area contributed by atoms with Gasteiger partial charge in [-0.05, 0) is 24.1 Å². The highest BCUT2D eigenvalue weighted by atomic mass is 16.1. The summed E-state index contributed by atoms with van der Waals surface area (Å²) in [4.78, 5) is 12.2. The predicted molar refractivity (Wildman–Crippen MR) is 84.9 cm³/mol. The lowest BCUT2D eigenvalue weighted by molar-refractivity contribution is 0.0954. The van der Waals surface area contributed by atoms with Crippen molar-refractivity contribution in [2.45, 2.75) is 6.42 Å². The molecular weight excluding hydrogens is 260 g/mol. The first kappa shape index (κ1) is 14.8. The quantitative estimate of drug-likeness (QED) is 0.840. The van der Waals surface area contributed by atoms with Gasteiger partial charge in [0, 0.05) is 12.1 Å². The lowest BCUT2D eigenvalue weighted by Gasteiger charge is -2.07. The number of hydrogen-bond donors (Lipinski definition) is 2. The monoisotopic (exact) mass is 278 g/mol. The Hall–Kier alpha value is -2.57. The summed E-state index contributed by atoms with van der Waals surface area (Å²) in [5.41, 5.74) is 7.87. The van der Waals surface area contributed by atoms with Crippen LogP contribution in [-0.4, -0.2) is 19.0 Å². The smallest absolute Gasteiger partial charge is 0.252 e. The second-order valence-corrected chi connectivity index (χ2v) is 4.54. The average Bonchev–Trinajstić information content (AvgIpc) is 2.54. The van der Waals surface area contributed by atoms with E-state index >= 15 is 0 Å². The highest BCUT2D eigenvalue weighted by molar-refractivity contribution is 5.96. The number of rotatable bonds is 4. The summed E-state index contributed by atoms with van der Waals surface area (Å²) in [5, 5.41) is 2.93. The molecule has 3 heteroatoms. The van der Waals surface area contributed by atoms with Gasteiger partial charge in [0.25, 0.3) is 5.91 Å². The molecule has 3 nitrogen and oxygen atoms in total. The van der Waals surface area contributed by atoms with Gasteiger partial charge in [0.1, 0.15) is 0 Å². The number of hydrogen-bond acceptors (Lipinski definition) is 2. The highest BCUT2D eigenvalue weighted by Crippen LogP contribution is 2.07. The summed E-state index contributed by atoms with van der Waals surface area (Å²) in [6, 6.07) is 17.4. The van der Waals surface area contributed by atoms with Gasteiger partial charge < -0.3 is 11.1 Å². The normalized spacial score (nSPS) is 9.57. The standard InChI is InChI=1S/C18H18N2O/c19-13-6-10-16-9-4-5-11-17(16)18(21)20-14-12-15-7-2-1-3-8-15/h1-5,7-9,11H,12-14,19H2,(H,20,21). The number of amides is 1. The van der Waals surface area contributed by atoms with Crippen molar-refractivity contribution in [3.63, 3.8) is 0 Å². The van der Waals surface area contributed by atoms with Crippen molar-refractivity contribution in [1.29, 1.82) is 0 Å². The molecule has 0 spiro atoms. The Morgan fingerprint density at radius 3 is 2.52 bits per heavy atom. The molecule has 0 radical (unpaired) electrons. The number of carbonyl (C=O) groups excluding carboxylic acids is 1. The Morgan fingerprint density at radius 2 is 1.76 bits per heavy atom. The lowest BCUT2D eigenvalue weighted by Crippen LogP contribution is -2.26. The van der Waals surface area contributed by atoms with Gasteiger partial charge in [0.2, 0.25) is 0 Å². The van der Waals surface area contributed by atoms with Crippen LogP contribution in [-0.2, 0) is 6.42 Å². The first-order chi connectivity index (χ1) is 10.3. The summed E-state index contributed by atoms with van der Waals surface area (Å²) in [6.07, 6.45) is 0.809. The molecule has 0 aromatic heterocycles. The maximum atomic E-state index is 12.2. The fourth-order valence-electron chi connectivity index (χ4n) is 2.00. The molecule has 106 valence electrons. The SMILES string of the molecule is NCC#Cc1ccccc1C(=O)NCCc1ccccc1. The van der Waals surface area contributed by atoms with E-state index in [4.69, 9.17) is 5.73 Å². The summed E-state index contributed by atoms with van der Waals surface area (Å²) in [5.74, 6) is 5.60. The van der Waals surface area contributed by atoms with Crippen LogP contribution in [0.15, 0.2) is 54.6 Å². The summed E-state index contributed by atoms with van der Waals surface area (Å²) in [7, 11) is 0. The van der Waals surface area contributed by atoms with Crippen LogP contribution in [0.5, 0.6) is 0 Å². The third-order valence-corrected chi connectivity index (χ3v) is 3.04. The van der Waals surface area contributed by atoms with E-state index in [1.807, 2.05) is 48.5 Å². The molecule has 0 heterocycles. The Morgan fingerprint density at radius 1 is 1.05 bits per heavy atom. The van der Waals surface area contributed by atoms with E-state index < -0.39 is 0 Å². The van der Waals surface area contributed by atoms with Gasteiger partial charge in [0.05, 0.1) is 12.1 Å². The van der Waals surface area contributed by atoms with Gasteiger partial charge in [-0.1, -0.05) is 54.3 Å². The molecule has 2 aromatic carbocycles. The number of nitrogens with two attached hydrogens (primary N) is 1. The van der Waals surface area contributed by atoms with Crippen molar-refractivity contribution in [3.05, 3.63) is 71.3 Å². The van der Waals surface area contributed by atoms with Crippen LogP contribution >= 0.6 is 0 Å². The molecular formula is C18H18N2O. The van der Waals surface area contributed by atoms with E-state index in [1.54, 1.807) is 6.07 Å². The van der Waals surface area contributed by atoms with Gasteiger partial charge in [-0.15, -0.1) is 0 Å². The fourth-order valence-corrected chi connectivity index (χ4v) is 2.00. The largest absolute Gasteiger partial charge is 0.352 e. The number of benzene rings is 2. The summed E-state index contributed by atoms with van der Waals surface area (Å²) < 4.78 is 0. The Kier molecular flexibility index (Phi) is 5.57. The van der Waals surface area contributed by atoms with Crippen LogP contribution in [0, 0.1) is 11.8 Å². The molecule has 2 rings (SSSR count). The second-order valence-electron chi connectivity index (χ2n) is 4.54. The van der Waals surface area contributed by atoms with Crippen molar-refractivity contribution in [2.75, 3.05) is 13.1 Å². The van der Waals surface area contributed by atoms with Crippen molar-refractivity contribution in [1.82, 2.24) is 5.32 Å². The van der Waals surface area contributed by atoms with E-state index in [1.165, 1.54) is 5.56 Å². The summed E-state index contributed by atoms with van der Waals surface area (Å²) in [6.45, 7) is 0.880. The Labute approximate surface area is 125 Å². The molecule has 3 N–H and O–H groups in total. The van der Waals surface area contributed by atoms with Crippen LogP contribution in [0.25, 0.3) is 0 Å². The molecule has 0 aliphatic carbocycles. The molecule has 0 fully saturated rings. The van der Waals surface area contributed by atoms with E-state index in [0.717, 1.165) is 6.42 Å². The molecule has 0 unspecified atom stereocenters. The number of nitrogens with one attached hydrogen (secondary N) is 1. The second kappa shape index (κ2) is 7.88. The van der Waals surface area contributed by atoms with Crippen molar-refractivity contribution >= 4 is 5.91 Å². The average molecular weight is 278 g/mol. The van der Waals surface area contributed by atoms with E-state index in [2.05, 4.69) is 17.2 Å². The maximum Gasteiger partial charge on any atom is 0.252 e. The molecule has 2 aromatic rings. The topological polar surface area (TPSA) is 55.1 Å². The first-order valence-corrected chi connectivity index (χ1v) is 6.91. The molecule has 0 aliphatic rings. The van der Waals surface area contributed by atoms with Crippen LogP contribution in [0.4, 0.5) is 0 Å². The molecule has 0 atom stereocenters. The molecule has 0 bridgehead atoms. The van der Waals surface area contributed by atoms with Crippen LogP contribution in [0.1, 0.15) is 21.5 Å². The zero-order valence-corrected chi connectivity index (χ0v) is 11.8. The third-order valence-electron chi connectivity index (χ3n) is 3.04. The fraction of sp³-hybridized carbons (Fsp3) is 0.167. The molecule has 21 heavy (non-hydrogen) atoms. The zero-order chi connectivity index (χ0) is 14.9. The molecule has 1 amide bonds.